The fourth-order valence-corrected chi connectivity index (χ4v) is 9.23. The highest BCUT2D eigenvalue weighted by atomic mass is 15.0. The Bertz CT molecular complexity index is 2990. The molecule has 10 rings (SSSR count). The highest BCUT2D eigenvalue weighted by molar-refractivity contribution is 6.10. The molecule has 282 valence electrons. The summed E-state index contributed by atoms with van der Waals surface area (Å²) in [5, 5.41) is 2.47. The third-order valence-corrected chi connectivity index (χ3v) is 13.8. The van der Waals surface area contributed by atoms with Gasteiger partial charge in [-0.1, -0.05) is 175 Å². The quantitative estimate of drug-likeness (QED) is 0.170. The fourth-order valence-electron chi connectivity index (χ4n) is 9.23. The number of hydrogen-bond acceptors (Lipinski definition) is 3. The highest BCUT2D eigenvalue weighted by Gasteiger charge is 2.56. The molecule has 7 aromatic carbocycles. The van der Waals surface area contributed by atoms with Gasteiger partial charge in [-0.2, -0.15) is 0 Å². The number of nitrogens with zero attached hydrogens (tertiary/aromatic N) is 4. The van der Waals surface area contributed by atoms with Crippen LogP contribution in [0.5, 0.6) is 0 Å². The second-order valence-electron chi connectivity index (χ2n) is 17.4. The van der Waals surface area contributed by atoms with E-state index in [1.54, 1.807) is 0 Å². The van der Waals surface area contributed by atoms with Gasteiger partial charge in [0.2, 0.25) is 0 Å². The number of aromatic nitrogens is 4. The van der Waals surface area contributed by atoms with Crippen LogP contribution in [0.1, 0.15) is 52.7 Å². The minimum atomic E-state index is -0.0386. The summed E-state index contributed by atoms with van der Waals surface area (Å²) in [6, 6.07) is 60.6. The van der Waals surface area contributed by atoms with Crippen molar-refractivity contribution in [3.63, 3.8) is 0 Å². The number of rotatable bonds is 6. The van der Waals surface area contributed by atoms with Crippen LogP contribution in [0.2, 0.25) is 0 Å². The van der Waals surface area contributed by atoms with Crippen molar-refractivity contribution in [2.24, 2.45) is 5.41 Å². The molecule has 0 atom stereocenters. The van der Waals surface area contributed by atoms with Crippen molar-refractivity contribution in [1.29, 1.82) is 0 Å². The Balaban J connectivity index is 1.06. The Morgan fingerprint density at radius 2 is 0.793 bits per heavy atom. The van der Waals surface area contributed by atoms with Gasteiger partial charge in [0.05, 0.1) is 11.0 Å². The van der Waals surface area contributed by atoms with Crippen LogP contribution in [0.15, 0.2) is 170 Å². The molecule has 0 fully saturated rings. The lowest BCUT2D eigenvalue weighted by molar-refractivity contribution is 0.125. The molecule has 4 heteroatoms. The van der Waals surface area contributed by atoms with E-state index in [-0.39, 0.29) is 16.2 Å². The van der Waals surface area contributed by atoms with E-state index in [2.05, 4.69) is 210 Å². The summed E-state index contributed by atoms with van der Waals surface area (Å²) < 4.78 is 2.35. The first-order valence-corrected chi connectivity index (χ1v) is 20.3. The zero-order valence-corrected chi connectivity index (χ0v) is 34.0. The predicted molar refractivity (Wildman–Crippen MR) is 241 cm³/mol. The summed E-state index contributed by atoms with van der Waals surface area (Å²) in [4.78, 5) is 15.5. The summed E-state index contributed by atoms with van der Waals surface area (Å²) in [6.45, 7) is 14.3. The zero-order chi connectivity index (χ0) is 39.8. The average Bonchev–Trinajstić information content (AvgIpc) is 3.64. The van der Waals surface area contributed by atoms with Gasteiger partial charge in [-0.25, -0.2) is 15.0 Å². The first kappa shape index (κ1) is 35.7. The second kappa shape index (κ2) is 13.2. The first-order chi connectivity index (χ1) is 28.0. The van der Waals surface area contributed by atoms with Gasteiger partial charge in [-0.15, -0.1) is 0 Å². The van der Waals surface area contributed by atoms with Gasteiger partial charge in [0, 0.05) is 33.2 Å². The first-order valence-electron chi connectivity index (χ1n) is 20.3. The van der Waals surface area contributed by atoms with Crippen LogP contribution in [0.25, 0.3) is 83.9 Å². The number of para-hydroxylation sites is 2. The maximum Gasteiger partial charge on any atom is 0.164 e. The van der Waals surface area contributed by atoms with E-state index in [4.69, 9.17) is 15.0 Å². The molecule has 0 saturated heterocycles. The maximum atomic E-state index is 5.19. The summed E-state index contributed by atoms with van der Waals surface area (Å²) in [5.74, 6) is 1.99. The van der Waals surface area contributed by atoms with E-state index in [9.17, 15) is 0 Å². The van der Waals surface area contributed by atoms with Gasteiger partial charge in [-0.3, -0.25) is 0 Å². The SMILES string of the molecule is CC1(C)c2ccc(-c3nc(-c4ccc(-c5ccccc5)cc4)nc(-c4ccc(-c5ccc6c(c5)c5ccccc5n6-c5ccccc5)cc4)n3)cc2C(C)(C)C1(C)C. The minimum absolute atomic E-state index is 0.0194. The van der Waals surface area contributed by atoms with Gasteiger partial charge in [-0.05, 0) is 86.0 Å². The lowest BCUT2D eigenvalue weighted by Crippen LogP contribution is -2.42. The van der Waals surface area contributed by atoms with Crippen LogP contribution in [0.4, 0.5) is 0 Å². The number of hydrogen-bond donors (Lipinski definition) is 0. The van der Waals surface area contributed by atoms with Gasteiger partial charge >= 0.3 is 0 Å². The van der Waals surface area contributed by atoms with Gasteiger partial charge in [0.25, 0.3) is 0 Å². The topological polar surface area (TPSA) is 43.6 Å². The van der Waals surface area contributed by atoms with Crippen molar-refractivity contribution in [2.45, 2.75) is 52.4 Å². The predicted octanol–water partition coefficient (Wildman–Crippen LogP) is 13.9. The number of benzene rings is 7. The lowest BCUT2D eigenvalue weighted by Gasteiger charge is -2.44. The maximum absolute atomic E-state index is 5.19. The molecular weight excluding hydrogens is 705 g/mol. The third-order valence-electron chi connectivity index (χ3n) is 13.8. The van der Waals surface area contributed by atoms with Crippen LogP contribution in [0, 0.1) is 5.41 Å². The van der Waals surface area contributed by atoms with Crippen molar-refractivity contribution in [2.75, 3.05) is 0 Å². The largest absolute Gasteiger partial charge is 0.309 e. The summed E-state index contributed by atoms with van der Waals surface area (Å²) in [7, 11) is 0. The minimum Gasteiger partial charge on any atom is -0.309 e. The Hall–Kier alpha value is -6.65. The smallest absolute Gasteiger partial charge is 0.164 e. The standard InChI is InChI=1S/C54H46N4/c1-52(2)45-31-29-41(34-46(45)53(3,4)54(52,5)6)51-56-49(38-25-21-36(22-26-38)35-15-9-7-10-16-35)55-50(57-51)39-27-23-37(24-28-39)40-30-32-48-44(33-40)43-19-13-14-20-47(43)58(48)42-17-11-8-12-18-42/h7-34H,1-6H3. The molecule has 1 aliphatic carbocycles. The lowest BCUT2D eigenvalue weighted by atomic mass is 9.59. The van der Waals surface area contributed by atoms with Gasteiger partial charge in [0.1, 0.15) is 0 Å². The Labute approximate surface area is 340 Å². The molecule has 0 bridgehead atoms. The average molecular weight is 751 g/mol. The van der Waals surface area contributed by atoms with Crippen LogP contribution >= 0.6 is 0 Å². The molecule has 2 aromatic heterocycles. The van der Waals surface area contributed by atoms with Crippen molar-refractivity contribution < 1.29 is 0 Å². The van der Waals surface area contributed by atoms with Crippen LogP contribution in [0.3, 0.4) is 0 Å². The van der Waals surface area contributed by atoms with Gasteiger partial charge < -0.3 is 4.57 Å². The molecule has 0 radical (unpaired) electrons. The zero-order valence-electron chi connectivity index (χ0n) is 34.0. The Morgan fingerprint density at radius 3 is 1.43 bits per heavy atom. The van der Waals surface area contributed by atoms with Crippen LogP contribution in [-0.2, 0) is 10.8 Å². The second-order valence-corrected chi connectivity index (χ2v) is 17.4. The molecule has 2 heterocycles. The normalized spacial score (nSPS) is 15.1. The van der Waals surface area contributed by atoms with E-state index < -0.39 is 0 Å². The summed E-state index contributed by atoms with van der Waals surface area (Å²) in [6.07, 6.45) is 0. The highest BCUT2D eigenvalue weighted by Crippen LogP contribution is 2.61. The van der Waals surface area contributed by atoms with E-state index >= 15 is 0 Å². The monoisotopic (exact) mass is 750 g/mol. The van der Waals surface area contributed by atoms with Gasteiger partial charge in [0.15, 0.2) is 17.5 Å². The summed E-state index contributed by atoms with van der Waals surface area (Å²) in [5.41, 5.74) is 13.9. The molecule has 0 amide bonds. The van der Waals surface area contributed by atoms with Crippen LogP contribution < -0.4 is 0 Å². The molecule has 1 aliphatic rings. The fraction of sp³-hybridized carbons (Fsp3) is 0.167. The molecule has 4 nitrogen and oxygen atoms in total. The van der Waals surface area contributed by atoms with E-state index in [1.165, 1.54) is 38.5 Å². The van der Waals surface area contributed by atoms with E-state index in [1.807, 2.05) is 6.07 Å². The summed E-state index contributed by atoms with van der Waals surface area (Å²) >= 11 is 0. The Kier molecular flexibility index (Phi) is 8.14. The number of fused-ring (bicyclic) bond motifs is 4. The van der Waals surface area contributed by atoms with E-state index in [0.29, 0.717) is 17.5 Å². The molecule has 0 unspecified atom stereocenters. The Morgan fingerprint density at radius 1 is 0.345 bits per heavy atom. The van der Waals surface area contributed by atoms with Crippen LogP contribution in [-0.4, -0.2) is 19.5 Å². The van der Waals surface area contributed by atoms with E-state index in [0.717, 1.165) is 39.1 Å². The molecular formula is C54H46N4. The van der Waals surface area contributed by atoms with Crippen molar-refractivity contribution in [1.82, 2.24) is 19.5 Å². The molecule has 0 saturated carbocycles. The molecule has 0 aliphatic heterocycles. The molecule has 0 spiro atoms. The molecule has 9 aromatic rings. The van der Waals surface area contributed by atoms with Crippen molar-refractivity contribution >= 4 is 21.8 Å². The third kappa shape index (κ3) is 5.54. The molecule has 0 N–H and O–H groups in total. The van der Waals surface area contributed by atoms with Crippen molar-refractivity contribution in [3.05, 3.63) is 181 Å². The molecule has 58 heavy (non-hydrogen) atoms. The van der Waals surface area contributed by atoms with Crippen molar-refractivity contribution in [3.8, 4) is 62.1 Å².